The molecule has 2 N–H and O–H groups in total. The van der Waals surface area contributed by atoms with Crippen LogP contribution in [0.4, 0.5) is 0 Å². The Hall–Kier alpha value is -2.39. The van der Waals surface area contributed by atoms with Gasteiger partial charge in [0.25, 0.3) is 5.91 Å². The summed E-state index contributed by atoms with van der Waals surface area (Å²) in [5, 5.41) is 3.02. The molecule has 1 aromatic heterocycles. The highest BCUT2D eigenvalue weighted by atomic mass is 16.5. The average molecular weight is 421 g/mol. The van der Waals surface area contributed by atoms with E-state index in [4.69, 9.17) is 9.47 Å². The molecule has 2 fully saturated rings. The normalized spacial score (nSPS) is 20.1. The molecule has 2 aliphatic heterocycles. The van der Waals surface area contributed by atoms with Crippen molar-refractivity contribution in [3.8, 4) is 0 Å². The fourth-order valence-corrected chi connectivity index (χ4v) is 4.21. The maximum atomic E-state index is 13.1. The van der Waals surface area contributed by atoms with Crippen molar-refractivity contribution in [1.82, 2.24) is 20.1 Å². The Labute approximate surface area is 177 Å². The smallest absolute Gasteiger partial charge is 0.339 e. The fourth-order valence-electron chi connectivity index (χ4n) is 4.21. The lowest BCUT2D eigenvalue weighted by Crippen LogP contribution is -2.47. The Morgan fingerprint density at radius 2 is 1.93 bits per heavy atom. The molecular formula is C21H32N4O5. The van der Waals surface area contributed by atoms with E-state index in [9.17, 15) is 14.4 Å². The van der Waals surface area contributed by atoms with Gasteiger partial charge in [-0.3, -0.25) is 14.5 Å². The molecule has 166 valence electrons. The van der Waals surface area contributed by atoms with E-state index in [1.807, 2.05) is 0 Å². The van der Waals surface area contributed by atoms with E-state index in [0.717, 1.165) is 45.7 Å². The third-order valence-corrected chi connectivity index (χ3v) is 5.95. The van der Waals surface area contributed by atoms with Crippen molar-refractivity contribution in [2.24, 2.45) is 5.92 Å². The molecule has 0 unspecified atom stereocenters. The number of H-pyrrole nitrogens is 1. The highest BCUT2D eigenvalue weighted by molar-refractivity contribution is 6.00. The van der Waals surface area contributed by atoms with Crippen molar-refractivity contribution in [3.05, 3.63) is 22.5 Å². The van der Waals surface area contributed by atoms with Crippen LogP contribution in [-0.4, -0.2) is 92.2 Å². The van der Waals surface area contributed by atoms with Crippen molar-refractivity contribution >= 4 is 17.8 Å². The number of nitrogens with one attached hydrogen (secondary N) is 2. The highest BCUT2D eigenvalue weighted by Crippen LogP contribution is 2.23. The lowest BCUT2D eigenvalue weighted by molar-refractivity contribution is -0.126. The van der Waals surface area contributed by atoms with Crippen molar-refractivity contribution < 1.29 is 23.9 Å². The molecule has 0 bridgehead atoms. The lowest BCUT2D eigenvalue weighted by Gasteiger charge is -2.32. The largest absolute Gasteiger partial charge is 0.465 e. The van der Waals surface area contributed by atoms with Crippen LogP contribution < -0.4 is 5.32 Å². The van der Waals surface area contributed by atoms with Gasteiger partial charge in [-0.2, -0.15) is 0 Å². The van der Waals surface area contributed by atoms with Crippen LogP contribution in [0.15, 0.2) is 0 Å². The number of likely N-dealkylation sites (tertiary alicyclic amines) is 1. The van der Waals surface area contributed by atoms with E-state index in [1.165, 1.54) is 7.11 Å². The van der Waals surface area contributed by atoms with Gasteiger partial charge in [0.2, 0.25) is 5.91 Å². The number of rotatable bonds is 6. The molecule has 0 aliphatic carbocycles. The number of methoxy groups -OCH3 is 1. The molecule has 9 nitrogen and oxygen atoms in total. The Morgan fingerprint density at radius 3 is 2.63 bits per heavy atom. The van der Waals surface area contributed by atoms with Crippen molar-refractivity contribution in [2.75, 3.05) is 59.6 Å². The van der Waals surface area contributed by atoms with Crippen molar-refractivity contribution in [2.45, 2.75) is 26.7 Å². The molecule has 0 radical (unpaired) electrons. The van der Waals surface area contributed by atoms with E-state index >= 15 is 0 Å². The van der Waals surface area contributed by atoms with E-state index in [2.05, 4.69) is 15.2 Å². The van der Waals surface area contributed by atoms with Gasteiger partial charge in [0, 0.05) is 45.0 Å². The molecule has 1 atom stereocenters. The summed E-state index contributed by atoms with van der Waals surface area (Å²) in [6, 6.07) is 0. The molecule has 3 heterocycles. The predicted octanol–water partition coefficient (Wildman–Crippen LogP) is 0.719. The van der Waals surface area contributed by atoms with Crippen molar-refractivity contribution in [1.29, 1.82) is 0 Å². The summed E-state index contributed by atoms with van der Waals surface area (Å²) in [7, 11) is 1.32. The van der Waals surface area contributed by atoms with E-state index < -0.39 is 5.97 Å². The Kier molecular flexibility index (Phi) is 7.49. The Balaban J connectivity index is 1.57. The van der Waals surface area contributed by atoms with Crippen LogP contribution in [0.5, 0.6) is 0 Å². The minimum atomic E-state index is -0.462. The summed E-state index contributed by atoms with van der Waals surface area (Å²) in [5.74, 6) is -0.868. The highest BCUT2D eigenvalue weighted by Gasteiger charge is 2.31. The zero-order valence-electron chi connectivity index (χ0n) is 18.1. The number of hydrogen-bond donors (Lipinski definition) is 2. The maximum Gasteiger partial charge on any atom is 0.339 e. The molecule has 3 rings (SSSR count). The monoisotopic (exact) mass is 420 g/mol. The molecule has 2 aliphatic rings. The van der Waals surface area contributed by atoms with Gasteiger partial charge < -0.3 is 24.7 Å². The van der Waals surface area contributed by atoms with Crippen LogP contribution >= 0.6 is 0 Å². The van der Waals surface area contributed by atoms with Gasteiger partial charge in [-0.15, -0.1) is 0 Å². The Morgan fingerprint density at radius 1 is 1.20 bits per heavy atom. The summed E-state index contributed by atoms with van der Waals surface area (Å²) in [5.41, 5.74) is 1.98. The first-order valence-corrected chi connectivity index (χ1v) is 10.6. The number of ether oxygens (including phenoxy) is 2. The van der Waals surface area contributed by atoms with Crippen LogP contribution in [0.25, 0.3) is 0 Å². The lowest BCUT2D eigenvalue weighted by atomic mass is 9.96. The number of nitrogens with zero attached hydrogens (tertiary/aromatic N) is 2. The van der Waals surface area contributed by atoms with Gasteiger partial charge in [-0.1, -0.05) is 0 Å². The molecular weight excluding hydrogens is 388 g/mol. The second-order valence-corrected chi connectivity index (χ2v) is 7.95. The zero-order chi connectivity index (χ0) is 21.7. The van der Waals surface area contributed by atoms with Gasteiger partial charge in [-0.25, -0.2) is 4.79 Å². The minimum Gasteiger partial charge on any atom is -0.465 e. The number of carbonyl (C=O) groups is 3. The topological polar surface area (TPSA) is 104 Å². The fraction of sp³-hybridized carbons (Fsp3) is 0.667. The summed E-state index contributed by atoms with van der Waals surface area (Å²) >= 11 is 0. The average Bonchev–Trinajstić information content (AvgIpc) is 3.07. The standard InChI is InChI=1S/C21H32N4O5/c1-14-17(21(28)29-3)15(2)23-18(14)20(27)25-7-4-5-16(13-25)19(26)22-6-8-24-9-11-30-12-10-24/h16,23H,4-13H2,1-3H3,(H,22,26)/t16-/m0/s1. The molecule has 0 spiro atoms. The minimum absolute atomic E-state index is 0.00426. The number of carbonyl (C=O) groups excluding carboxylic acids is 3. The van der Waals surface area contributed by atoms with Gasteiger partial charge in [0.05, 0.1) is 31.8 Å². The summed E-state index contributed by atoms with van der Waals surface area (Å²) in [6.07, 6.45) is 1.54. The number of hydrogen-bond acceptors (Lipinski definition) is 6. The number of piperidine rings is 1. The van der Waals surface area contributed by atoms with Crippen LogP contribution in [0, 0.1) is 19.8 Å². The zero-order valence-corrected chi connectivity index (χ0v) is 18.1. The van der Waals surface area contributed by atoms with Crippen LogP contribution in [0.3, 0.4) is 0 Å². The van der Waals surface area contributed by atoms with Crippen LogP contribution in [0.1, 0.15) is 44.9 Å². The van der Waals surface area contributed by atoms with E-state index in [0.29, 0.717) is 42.1 Å². The molecule has 0 aromatic carbocycles. The SMILES string of the molecule is COC(=O)c1c(C)[nH]c(C(=O)N2CCC[C@H](C(=O)NCCN3CCOCC3)C2)c1C. The molecule has 9 heteroatoms. The first kappa shape index (κ1) is 22.3. The number of amides is 2. The van der Waals surface area contributed by atoms with E-state index in [1.54, 1.807) is 18.7 Å². The maximum absolute atomic E-state index is 13.1. The molecule has 2 saturated heterocycles. The number of aromatic nitrogens is 1. The van der Waals surface area contributed by atoms with Gasteiger partial charge in [0.15, 0.2) is 0 Å². The predicted molar refractivity (Wildman–Crippen MR) is 111 cm³/mol. The van der Waals surface area contributed by atoms with Gasteiger partial charge in [-0.05, 0) is 32.3 Å². The van der Waals surface area contributed by atoms with Crippen LogP contribution in [0.2, 0.25) is 0 Å². The quantitative estimate of drug-likeness (QED) is 0.658. The van der Waals surface area contributed by atoms with Crippen LogP contribution in [-0.2, 0) is 14.3 Å². The molecule has 1 aromatic rings. The third kappa shape index (κ3) is 5.02. The summed E-state index contributed by atoms with van der Waals surface area (Å²) in [6.45, 7) is 9.14. The van der Waals surface area contributed by atoms with E-state index in [-0.39, 0.29) is 17.7 Å². The molecule has 2 amide bonds. The number of aromatic amines is 1. The Bertz CT molecular complexity index is 785. The van der Waals surface area contributed by atoms with Gasteiger partial charge in [0.1, 0.15) is 5.69 Å². The number of esters is 1. The second kappa shape index (κ2) is 10.1. The van der Waals surface area contributed by atoms with Gasteiger partial charge >= 0.3 is 5.97 Å². The first-order valence-electron chi connectivity index (χ1n) is 10.6. The number of aryl methyl sites for hydroxylation is 1. The first-order chi connectivity index (χ1) is 14.4. The number of morpholine rings is 1. The summed E-state index contributed by atoms with van der Waals surface area (Å²) in [4.78, 5) is 44.7. The second-order valence-electron chi connectivity index (χ2n) is 7.95. The molecule has 0 saturated carbocycles. The van der Waals surface area contributed by atoms with Crippen molar-refractivity contribution in [3.63, 3.8) is 0 Å². The third-order valence-electron chi connectivity index (χ3n) is 5.95. The summed E-state index contributed by atoms with van der Waals surface area (Å²) < 4.78 is 10.2. The molecule has 30 heavy (non-hydrogen) atoms.